The SMILES string of the molecule is CS(=O)(=O)CCCNCCCC1CCCO1. The number of rotatable bonds is 8. The molecule has 0 amide bonds. The smallest absolute Gasteiger partial charge is 0.147 e. The van der Waals surface area contributed by atoms with Crippen molar-refractivity contribution in [1.29, 1.82) is 0 Å². The third kappa shape index (κ3) is 7.19. The van der Waals surface area contributed by atoms with E-state index in [1.807, 2.05) is 0 Å². The first-order valence-corrected chi connectivity index (χ1v) is 8.14. The van der Waals surface area contributed by atoms with Gasteiger partial charge in [0.2, 0.25) is 0 Å². The zero-order chi connectivity index (χ0) is 11.9. The average molecular weight is 249 g/mol. The van der Waals surface area contributed by atoms with Crippen LogP contribution in [-0.4, -0.2) is 46.2 Å². The highest BCUT2D eigenvalue weighted by Gasteiger charge is 2.14. The summed E-state index contributed by atoms with van der Waals surface area (Å²) < 4.78 is 27.2. The molecule has 1 N–H and O–H groups in total. The van der Waals surface area contributed by atoms with E-state index in [9.17, 15) is 8.42 Å². The molecule has 1 unspecified atom stereocenters. The van der Waals surface area contributed by atoms with Crippen molar-refractivity contribution in [3.63, 3.8) is 0 Å². The summed E-state index contributed by atoms with van der Waals surface area (Å²) in [5.41, 5.74) is 0. The molecule has 1 aliphatic heterocycles. The van der Waals surface area contributed by atoms with E-state index in [1.165, 1.54) is 19.1 Å². The van der Waals surface area contributed by atoms with Crippen LogP contribution >= 0.6 is 0 Å². The molecule has 0 aromatic carbocycles. The molecule has 96 valence electrons. The molecule has 1 heterocycles. The van der Waals surface area contributed by atoms with Crippen molar-refractivity contribution in [1.82, 2.24) is 5.32 Å². The second-order valence-corrected chi connectivity index (χ2v) is 6.77. The highest BCUT2D eigenvalue weighted by molar-refractivity contribution is 7.90. The lowest BCUT2D eigenvalue weighted by Crippen LogP contribution is -2.20. The quantitative estimate of drug-likeness (QED) is 0.651. The van der Waals surface area contributed by atoms with E-state index in [4.69, 9.17) is 4.74 Å². The molecule has 0 aromatic heterocycles. The molecular formula is C11H23NO3S. The second-order valence-electron chi connectivity index (χ2n) is 4.51. The van der Waals surface area contributed by atoms with E-state index in [0.29, 0.717) is 12.5 Å². The number of nitrogens with one attached hydrogen (secondary N) is 1. The van der Waals surface area contributed by atoms with Crippen LogP contribution < -0.4 is 5.32 Å². The molecule has 0 aliphatic carbocycles. The Hall–Kier alpha value is -0.130. The highest BCUT2D eigenvalue weighted by atomic mass is 32.2. The van der Waals surface area contributed by atoms with Crippen molar-refractivity contribution in [3.8, 4) is 0 Å². The zero-order valence-electron chi connectivity index (χ0n) is 10.1. The van der Waals surface area contributed by atoms with Crippen LogP contribution in [0.15, 0.2) is 0 Å². The minimum absolute atomic E-state index is 0.283. The Balaban J connectivity index is 1.84. The van der Waals surface area contributed by atoms with Gasteiger partial charge in [0, 0.05) is 12.9 Å². The Bertz CT molecular complexity index is 271. The lowest BCUT2D eigenvalue weighted by atomic mass is 10.1. The van der Waals surface area contributed by atoms with Gasteiger partial charge in [0.25, 0.3) is 0 Å². The molecule has 16 heavy (non-hydrogen) atoms. The molecule has 0 saturated carbocycles. The van der Waals surface area contributed by atoms with Crippen molar-refractivity contribution in [3.05, 3.63) is 0 Å². The molecule has 1 rings (SSSR count). The van der Waals surface area contributed by atoms with E-state index >= 15 is 0 Å². The van der Waals surface area contributed by atoms with Crippen molar-refractivity contribution in [2.24, 2.45) is 0 Å². The summed E-state index contributed by atoms with van der Waals surface area (Å²) in [6.07, 6.45) is 7.10. The van der Waals surface area contributed by atoms with E-state index < -0.39 is 9.84 Å². The lowest BCUT2D eigenvalue weighted by molar-refractivity contribution is 0.102. The Labute approximate surface area is 98.7 Å². The van der Waals surface area contributed by atoms with Crippen LogP contribution in [0.3, 0.4) is 0 Å². The number of sulfone groups is 1. The summed E-state index contributed by atoms with van der Waals surface area (Å²) in [7, 11) is -2.79. The van der Waals surface area contributed by atoms with Crippen molar-refractivity contribution in [2.45, 2.75) is 38.2 Å². The van der Waals surface area contributed by atoms with Gasteiger partial charge in [-0.25, -0.2) is 8.42 Å². The first-order valence-electron chi connectivity index (χ1n) is 6.08. The number of ether oxygens (including phenoxy) is 1. The van der Waals surface area contributed by atoms with Gasteiger partial charge < -0.3 is 10.1 Å². The first kappa shape index (κ1) is 13.9. The third-order valence-corrected chi connectivity index (χ3v) is 3.80. The molecule has 5 heteroatoms. The van der Waals surface area contributed by atoms with Crippen molar-refractivity contribution >= 4 is 9.84 Å². The molecule has 0 spiro atoms. The van der Waals surface area contributed by atoms with Crippen LogP contribution in [0.4, 0.5) is 0 Å². The molecule has 0 bridgehead atoms. The molecule has 1 aliphatic rings. The van der Waals surface area contributed by atoms with Gasteiger partial charge in [-0.05, 0) is 45.2 Å². The Kier molecular flexibility index (Phi) is 6.31. The molecule has 1 atom stereocenters. The minimum Gasteiger partial charge on any atom is -0.378 e. The predicted octanol–water partition coefficient (Wildman–Crippen LogP) is 0.970. The van der Waals surface area contributed by atoms with Gasteiger partial charge >= 0.3 is 0 Å². The second kappa shape index (κ2) is 7.25. The standard InChI is InChI=1S/C11H23NO3S/c1-16(13,14)10-4-8-12-7-2-5-11-6-3-9-15-11/h11-12H,2-10H2,1H3. The zero-order valence-corrected chi connectivity index (χ0v) is 10.9. The van der Waals surface area contributed by atoms with E-state index in [-0.39, 0.29) is 5.75 Å². The summed E-state index contributed by atoms with van der Waals surface area (Å²) in [6.45, 7) is 2.68. The minimum atomic E-state index is -2.79. The third-order valence-electron chi connectivity index (χ3n) is 2.77. The van der Waals surface area contributed by atoms with Crippen LogP contribution in [-0.2, 0) is 14.6 Å². The van der Waals surface area contributed by atoms with Gasteiger partial charge in [0.05, 0.1) is 11.9 Å². The molecule has 1 saturated heterocycles. The summed E-state index contributed by atoms with van der Waals surface area (Å²) >= 11 is 0. The molecule has 4 nitrogen and oxygen atoms in total. The molecule has 0 radical (unpaired) electrons. The average Bonchev–Trinajstić information content (AvgIpc) is 2.67. The molecule has 0 aromatic rings. The number of hydrogen-bond donors (Lipinski definition) is 1. The van der Waals surface area contributed by atoms with Gasteiger partial charge in [-0.1, -0.05) is 0 Å². The molecule has 1 fully saturated rings. The van der Waals surface area contributed by atoms with E-state index in [2.05, 4.69) is 5.32 Å². The largest absolute Gasteiger partial charge is 0.378 e. The van der Waals surface area contributed by atoms with Gasteiger partial charge in [-0.15, -0.1) is 0 Å². The number of hydrogen-bond acceptors (Lipinski definition) is 4. The van der Waals surface area contributed by atoms with Crippen LogP contribution in [0, 0.1) is 0 Å². The first-order chi connectivity index (χ1) is 7.58. The summed E-state index contributed by atoms with van der Waals surface area (Å²) in [4.78, 5) is 0. The fraction of sp³-hybridized carbons (Fsp3) is 1.00. The van der Waals surface area contributed by atoms with Gasteiger partial charge in [0.1, 0.15) is 9.84 Å². The molecular weight excluding hydrogens is 226 g/mol. The fourth-order valence-corrected chi connectivity index (χ4v) is 2.58. The monoisotopic (exact) mass is 249 g/mol. The Morgan fingerprint density at radius 2 is 2.06 bits per heavy atom. The van der Waals surface area contributed by atoms with E-state index in [0.717, 1.165) is 32.5 Å². The summed E-state index contributed by atoms with van der Waals surface area (Å²) in [5, 5.41) is 3.26. The topological polar surface area (TPSA) is 55.4 Å². The van der Waals surface area contributed by atoms with Gasteiger partial charge in [-0.2, -0.15) is 0 Å². The van der Waals surface area contributed by atoms with Crippen LogP contribution in [0.1, 0.15) is 32.1 Å². The maximum atomic E-state index is 10.8. The summed E-state index contributed by atoms with van der Waals surface area (Å²) in [5.74, 6) is 0.283. The van der Waals surface area contributed by atoms with Crippen molar-refractivity contribution in [2.75, 3.05) is 31.7 Å². The van der Waals surface area contributed by atoms with Crippen LogP contribution in [0.25, 0.3) is 0 Å². The Morgan fingerprint density at radius 3 is 2.69 bits per heavy atom. The van der Waals surface area contributed by atoms with Crippen molar-refractivity contribution < 1.29 is 13.2 Å². The normalized spacial score (nSPS) is 21.4. The van der Waals surface area contributed by atoms with Crippen LogP contribution in [0.5, 0.6) is 0 Å². The van der Waals surface area contributed by atoms with Crippen LogP contribution in [0.2, 0.25) is 0 Å². The maximum Gasteiger partial charge on any atom is 0.147 e. The fourth-order valence-electron chi connectivity index (χ4n) is 1.91. The highest BCUT2D eigenvalue weighted by Crippen LogP contribution is 2.16. The summed E-state index contributed by atoms with van der Waals surface area (Å²) in [6, 6.07) is 0. The Morgan fingerprint density at radius 1 is 1.31 bits per heavy atom. The van der Waals surface area contributed by atoms with Gasteiger partial charge in [-0.3, -0.25) is 0 Å². The lowest BCUT2D eigenvalue weighted by Gasteiger charge is -2.09. The maximum absolute atomic E-state index is 10.8. The predicted molar refractivity (Wildman–Crippen MR) is 65.4 cm³/mol. The van der Waals surface area contributed by atoms with Gasteiger partial charge in [0.15, 0.2) is 0 Å². The van der Waals surface area contributed by atoms with E-state index in [1.54, 1.807) is 0 Å².